The first-order valence-electron chi connectivity index (χ1n) is 13.5. The number of piperidine rings is 1. The first-order valence-corrected chi connectivity index (χ1v) is 13.5. The number of imidazole rings is 1. The number of rotatable bonds is 8. The summed E-state index contributed by atoms with van der Waals surface area (Å²) in [5.74, 6) is -0.0345. The van der Waals surface area contributed by atoms with Gasteiger partial charge in [-0.1, -0.05) is 12.1 Å². The van der Waals surface area contributed by atoms with Gasteiger partial charge in [-0.25, -0.2) is 19.5 Å². The zero-order valence-corrected chi connectivity index (χ0v) is 22.8. The molecule has 1 aliphatic rings. The van der Waals surface area contributed by atoms with Gasteiger partial charge < -0.3 is 20.7 Å². The number of carbonyl (C=O) groups is 2. The second-order valence-electron chi connectivity index (χ2n) is 9.81. The molecule has 0 unspecified atom stereocenters. The quantitative estimate of drug-likeness (QED) is 0.295. The lowest BCUT2D eigenvalue weighted by Crippen LogP contribution is -2.40. The molecule has 1 aliphatic heterocycles. The molecular formula is C28H29F3N8O3. The molecule has 0 radical (unpaired) electrons. The molecule has 2 amide bonds. The topological polar surface area (TPSA) is 141 Å². The molecule has 0 saturated carbocycles. The highest BCUT2D eigenvalue weighted by molar-refractivity contribution is 6.04. The van der Waals surface area contributed by atoms with E-state index in [0.29, 0.717) is 55.3 Å². The maximum absolute atomic E-state index is 13.0. The average molecular weight is 583 g/mol. The third-order valence-corrected chi connectivity index (χ3v) is 7.04. The lowest BCUT2D eigenvalue weighted by atomic mass is 9.97. The van der Waals surface area contributed by atoms with Crippen molar-refractivity contribution >= 4 is 29.0 Å². The van der Waals surface area contributed by atoms with E-state index in [2.05, 4.69) is 20.4 Å². The van der Waals surface area contributed by atoms with Gasteiger partial charge in [-0.05, 0) is 44.0 Å². The van der Waals surface area contributed by atoms with Crippen LogP contribution in [0.1, 0.15) is 53.8 Å². The molecule has 3 N–H and O–H groups in total. The number of carbonyl (C=O) groups excluding carboxylic acids is 2. The van der Waals surface area contributed by atoms with E-state index in [1.807, 2.05) is 11.8 Å². The third-order valence-electron chi connectivity index (χ3n) is 7.04. The molecule has 42 heavy (non-hydrogen) atoms. The van der Waals surface area contributed by atoms with Gasteiger partial charge in [0.2, 0.25) is 5.91 Å². The van der Waals surface area contributed by atoms with Crippen molar-refractivity contribution in [3.63, 3.8) is 0 Å². The SMILES string of the molecule is CCOCCC(=O)N1CCC[C@@H](c2nc(-c3ccc(C(=O)Nc4cc(C(F)(F)F)ccn4)cc3)c3c(N)ncnn23)C1. The number of nitrogens with one attached hydrogen (secondary N) is 1. The van der Waals surface area contributed by atoms with Crippen molar-refractivity contribution < 1.29 is 27.5 Å². The Morgan fingerprint density at radius 1 is 1.17 bits per heavy atom. The van der Waals surface area contributed by atoms with Gasteiger partial charge in [0, 0.05) is 42.9 Å². The lowest BCUT2D eigenvalue weighted by Gasteiger charge is -2.32. The predicted molar refractivity (Wildman–Crippen MR) is 147 cm³/mol. The lowest BCUT2D eigenvalue weighted by molar-refractivity contribution is -0.137. The van der Waals surface area contributed by atoms with E-state index in [1.54, 1.807) is 16.6 Å². The summed E-state index contributed by atoms with van der Waals surface area (Å²) < 4.78 is 46.0. The number of anilines is 2. The molecule has 220 valence electrons. The Balaban J connectivity index is 1.38. The molecule has 4 aromatic rings. The van der Waals surface area contributed by atoms with Crippen LogP contribution in [0.3, 0.4) is 0 Å². The maximum Gasteiger partial charge on any atom is 0.416 e. The summed E-state index contributed by atoms with van der Waals surface area (Å²) >= 11 is 0. The minimum Gasteiger partial charge on any atom is -0.382 e. The highest BCUT2D eigenvalue weighted by Crippen LogP contribution is 2.34. The molecule has 1 fully saturated rings. The van der Waals surface area contributed by atoms with Crippen LogP contribution in [0.4, 0.5) is 24.8 Å². The zero-order valence-electron chi connectivity index (χ0n) is 22.8. The fourth-order valence-corrected chi connectivity index (χ4v) is 4.96. The first-order chi connectivity index (χ1) is 20.2. The van der Waals surface area contributed by atoms with Crippen molar-refractivity contribution in [1.29, 1.82) is 0 Å². The summed E-state index contributed by atoms with van der Waals surface area (Å²) in [4.78, 5) is 40.1. The summed E-state index contributed by atoms with van der Waals surface area (Å²) in [7, 11) is 0. The molecular weight excluding hydrogens is 553 g/mol. The molecule has 0 spiro atoms. The Hall–Kier alpha value is -4.59. The minimum absolute atomic E-state index is 0.0255. The second-order valence-corrected chi connectivity index (χ2v) is 9.81. The van der Waals surface area contributed by atoms with E-state index in [9.17, 15) is 22.8 Å². The van der Waals surface area contributed by atoms with Crippen molar-refractivity contribution in [2.24, 2.45) is 0 Å². The normalized spacial score (nSPS) is 15.6. The molecule has 0 bridgehead atoms. The monoisotopic (exact) mass is 582 g/mol. The van der Waals surface area contributed by atoms with Gasteiger partial charge in [-0.2, -0.15) is 18.3 Å². The van der Waals surface area contributed by atoms with E-state index < -0.39 is 17.6 Å². The van der Waals surface area contributed by atoms with E-state index >= 15 is 0 Å². The predicted octanol–water partition coefficient (Wildman–Crippen LogP) is 4.17. The van der Waals surface area contributed by atoms with Crippen molar-refractivity contribution in [1.82, 2.24) is 29.5 Å². The summed E-state index contributed by atoms with van der Waals surface area (Å²) in [6, 6.07) is 7.99. The number of alkyl halides is 3. The van der Waals surface area contributed by atoms with Gasteiger partial charge in [0.05, 0.1) is 18.6 Å². The number of ether oxygens (including phenoxy) is 1. The Morgan fingerprint density at radius 3 is 2.69 bits per heavy atom. The Morgan fingerprint density at radius 2 is 1.95 bits per heavy atom. The standard InChI is InChI=1S/C28H29F3N8O3/c1-2-42-13-10-22(40)38-12-3-4-19(15-38)26-37-23(24-25(32)34-16-35-39(24)26)17-5-7-18(8-6-17)27(41)36-21-14-20(9-11-33-21)28(29,30)31/h5-9,11,14,16,19H,2-4,10,12-13,15H2,1H3,(H2,32,34,35)(H,33,36,41)/t19-/m1/s1. The molecule has 4 heterocycles. The number of nitrogens with two attached hydrogens (primary N) is 1. The van der Waals surface area contributed by atoms with Crippen molar-refractivity contribution in [3.8, 4) is 11.3 Å². The van der Waals surface area contributed by atoms with Crippen LogP contribution < -0.4 is 11.1 Å². The number of fused-ring (bicyclic) bond motifs is 1. The number of nitrogens with zero attached hydrogens (tertiary/aromatic N) is 6. The summed E-state index contributed by atoms with van der Waals surface area (Å²) in [6.45, 7) is 3.96. The number of likely N-dealkylation sites (tertiary alicyclic amines) is 1. The Kier molecular flexibility index (Phi) is 8.34. The van der Waals surface area contributed by atoms with Crippen LogP contribution in [-0.4, -0.2) is 67.6 Å². The number of amides is 2. The smallest absolute Gasteiger partial charge is 0.382 e. The van der Waals surface area contributed by atoms with Crippen molar-refractivity contribution in [2.45, 2.75) is 38.3 Å². The van der Waals surface area contributed by atoms with Crippen LogP contribution in [0.25, 0.3) is 16.8 Å². The fourth-order valence-electron chi connectivity index (χ4n) is 4.96. The highest BCUT2D eigenvalue weighted by Gasteiger charge is 2.31. The largest absolute Gasteiger partial charge is 0.416 e. The number of nitrogen functional groups attached to an aromatic ring is 1. The number of pyridine rings is 1. The van der Waals surface area contributed by atoms with Gasteiger partial charge in [-0.3, -0.25) is 9.59 Å². The molecule has 14 heteroatoms. The van der Waals surface area contributed by atoms with E-state index in [-0.39, 0.29) is 29.0 Å². The van der Waals surface area contributed by atoms with Crippen molar-refractivity contribution in [2.75, 3.05) is 37.4 Å². The Labute approximate surface area is 238 Å². The second kappa shape index (κ2) is 12.1. The molecule has 1 saturated heterocycles. The zero-order chi connectivity index (χ0) is 29.9. The number of aromatic nitrogens is 5. The summed E-state index contributed by atoms with van der Waals surface area (Å²) in [5, 5.41) is 6.79. The first kappa shape index (κ1) is 28.9. The van der Waals surface area contributed by atoms with Gasteiger partial charge in [0.15, 0.2) is 5.82 Å². The van der Waals surface area contributed by atoms with Gasteiger partial charge in [0.25, 0.3) is 5.91 Å². The molecule has 5 rings (SSSR count). The van der Waals surface area contributed by atoms with Crippen LogP contribution in [0.2, 0.25) is 0 Å². The molecule has 0 aliphatic carbocycles. The fraction of sp³-hybridized carbons (Fsp3) is 0.357. The van der Waals surface area contributed by atoms with Crippen LogP contribution in [-0.2, 0) is 15.7 Å². The van der Waals surface area contributed by atoms with Crippen LogP contribution in [0.5, 0.6) is 0 Å². The number of benzene rings is 1. The van der Waals surface area contributed by atoms with E-state index in [1.165, 1.54) is 18.5 Å². The number of halogens is 3. The van der Waals surface area contributed by atoms with Gasteiger partial charge >= 0.3 is 6.18 Å². The van der Waals surface area contributed by atoms with Crippen LogP contribution in [0, 0.1) is 0 Å². The van der Waals surface area contributed by atoms with Gasteiger partial charge in [0.1, 0.15) is 29.2 Å². The van der Waals surface area contributed by atoms with Crippen LogP contribution >= 0.6 is 0 Å². The van der Waals surface area contributed by atoms with Crippen LogP contribution in [0.15, 0.2) is 48.9 Å². The van der Waals surface area contributed by atoms with E-state index in [0.717, 1.165) is 31.2 Å². The van der Waals surface area contributed by atoms with Gasteiger partial charge in [-0.15, -0.1) is 0 Å². The summed E-state index contributed by atoms with van der Waals surface area (Å²) in [6.07, 6.45) is -0.303. The number of hydrogen-bond acceptors (Lipinski definition) is 8. The molecule has 3 aromatic heterocycles. The summed E-state index contributed by atoms with van der Waals surface area (Å²) in [5.41, 5.74) is 7.18. The maximum atomic E-state index is 13.0. The van der Waals surface area contributed by atoms with E-state index in [4.69, 9.17) is 15.5 Å². The molecule has 1 atom stereocenters. The Bertz CT molecular complexity index is 1590. The highest BCUT2D eigenvalue weighted by atomic mass is 19.4. The van der Waals surface area contributed by atoms with Crippen molar-refractivity contribution in [3.05, 3.63) is 65.9 Å². The number of hydrogen-bond donors (Lipinski definition) is 2. The molecule has 1 aromatic carbocycles. The minimum atomic E-state index is -4.56. The molecule has 11 nitrogen and oxygen atoms in total. The average Bonchev–Trinajstić information content (AvgIpc) is 3.38. The third kappa shape index (κ3) is 6.17.